The zero-order chi connectivity index (χ0) is 15.2. The quantitative estimate of drug-likeness (QED) is 0.754. The number of amides is 2. The molecule has 1 aromatic rings. The maximum absolute atomic E-state index is 11.9. The van der Waals surface area contributed by atoms with Gasteiger partial charge in [-0.3, -0.25) is 9.59 Å². The van der Waals surface area contributed by atoms with Crippen LogP contribution in [-0.2, 0) is 4.79 Å². The summed E-state index contributed by atoms with van der Waals surface area (Å²) in [5, 5.41) is 8.42. The molecular formula is C14H22N4O2. The highest BCUT2D eigenvalue weighted by atomic mass is 16.2. The number of anilines is 1. The van der Waals surface area contributed by atoms with Gasteiger partial charge in [0.1, 0.15) is 5.82 Å². The highest BCUT2D eigenvalue weighted by molar-refractivity contribution is 5.95. The number of rotatable bonds is 5. The summed E-state index contributed by atoms with van der Waals surface area (Å²) >= 11 is 0. The van der Waals surface area contributed by atoms with Gasteiger partial charge < -0.3 is 16.0 Å². The van der Waals surface area contributed by atoms with Crippen molar-refractivity contribution in [1.29, 1.82) is 0 Å². The second kappa shape index (κ2) is 6.88. The van der Waals surface area contributed by atoms with Crippen molar-refractivity contribution >= 4 is 17.6 Å². The molecular weight excluding hydrogens is 256 g/mol. The normalized spacial score (nSPS) is 10.8. The van der Waals surface area contributed by atoms with E-state index in [1.165, 1.54) is 0 Å². The average Bonchev–Trinajstić information content (AvgIpc) is 2.36. The van der Waals surface area contributed by atoms with Gasteiger partial charge in [-0.1, -0.05) is 0 Å². The van der Waals surface area contributed by atoms with Crippen LogP contribution >= 0.6 is 0 Å². The largest absolute Gasteiger partial charge is 0.373 e. The number of aromatic nitrogens is 1. The number of hydrogen-bond donors (Lipinski definition) is 3. The van der Waals surface area contributed by atoms with Gasteiger partial charge in [-0.25, -0.2) is 4.98 Å². The van der Waals surface area contributed by atoms with Crippen LogP contribution < -0.4 is 16.0 Å². The minimum absolute atomic E-state index is 0.0801. The summed E-state index contributed by atoms with van der Waals surface area (Å²) < 4.78 is 0. The lowest BCUT2D eigenvalue weighted by atomic mass is 10.1. The van der Waals surface area contributed by atoms with Gasteiger partial charge in [0, 0.05) is 37.3 Å². The van der Waals surface area contributed by atoms with Crippen LogP contribution in [-0.4, -0.2) is 35.9 Å². The molecule has 0 unspecified atom stereocenters. The topological polar surface area (TPSA) is 83.1 Å². The second-order valence-electron chi connectivity index (χ2n) is 5.48. The molecule has 0 fully saturated rings. The van der Waals surface area contributed by atoms with E-state index in [2.05, 4.69) is 20.9 Å². The summed E-state index contributed by atoms with van der Waals surface area (Å²) in [7, 11) is 1.74. The average molecular weight is 278 g/mol. The molecule has 0 radical (unpaired) electrons. The zero-order valence-corrected chi connectivity index (χ0v) is 12.4. The minimum atomic E-state index is -0.256. The molecule has 0 aliphatic rings. The van der Waals surface area contributed by atoms with Crippen molar-refractivity contribution in [3.8, 4) is 0 Å². The van der Waals surface area contributed by atoms with Crippen molar-refractivity contribution in [3.63, 3.8) is 0 Å². The first kappa shape index (κ1) is 15.9. The maximum atomic E-state index is 11.9. The van der Waals surface area contributed by atoms with Gasteiger partial charge >= 0.3 is 0 Å². The SMILES string of the molecule is CNc1cc(C(=O)NCCC(=O)NC(C)(C)C)ccn1. The molecule has 3 N–H and O–H groups in total. The summed E-state index contributed by atoms with van der Waals surface area (Å²) in [5.74, 6) is 0.332. The molecule has 6 nitrogen and oxygen atoms in total. The molecule has 0 aliphatic carbocycles. The van der Waals surface area contributed by atoms with Crippen molar-refractivity contribution in [2.24, 2.45) is 0 Å². The predicted molar refractivity (Wildman–Crippen MR) is 78.6 cm³/mol. The van der Waals surface area contributed by atoms with E-state index in [9.17, 15) is 9.59 Å². The Balaban J connectivity index is 2.42. The van der Waals surface area contributed by atoms with Crippen LogP contribution in [0.2, 0.25) is 0 Å². The fourth-order valence-corrected chi connectivity index (χ4v) is 1.58. The fourth-order valence-electron chi connectivity index (χ4n) is 1.58. The van der Waals surface area contributed by atoms with Gasteiger partial charge in [0.15, 0.2) is 0 Å². The summed E-state index contributed by atoms with van der Waals surface area (Å²) in [6, 6.07) is 3.29. The van der Waals surface area contributed by atoms with Crippen molar-refractivity contribution in [3.05, 3.63) is 23.9 Å². The molecule has 0 atom stereocenters. The fraction of sp³-hybridized carbons (Fsp3) is 0.500. The number of nitrogens with one attached hydrogen (secondary N) is 3. The van der Waals surface area contributed by atoms with Crippen molar-refractivity contribution in [1.82, 2.24) is 15.6 Å². The highest BCUT2D eigenvalue weighted by Crippen LogP contribution is 2.05. The van der Waals surface area contributed by atoms with E-state index in [4.69, 9.17) is 0 Å². The van der Waals surface area contributed by atoms with E-state index < -0.39 is 0 Å². The number of carbonyl (C=O) groups is 2. The Morgan fingerprint density at radius 3 is 2.60 bits per heavy atom. The van der Waals surface area contributed by atoms with Gasteiger partial charge in [0.25, 0.3) is 5.91 Å². The van der Waals surface area contributed by atoms with Gasteiger partial charge in [0.2, 0.25) is 5.91 Å². The Morgan fingerprint density at radius 1 is 1.30 bits per heavy atom. The van der Waals surface area contributed by atoms with Crippen LogP contribution in [0.25, 0.3) is 0 Å². The smallest absolute Gasteiger partial charge is 0.251 e. The van der Waals surface area contributed by atoms with E-state index in [1.54, 1.807) is 25.4 Å². The Bertz CT molecular complexity index is 480. The van der Waals surface area contributed by atoms with Crippen LogP contribution in [0.3, 0.4) is 0 Å². The van der Waals surface area contributed by atoms with Gasteiger partial charge in [-0.2, -0.15) is 0 Å². The van der Waals surface area contributed by atoms with Gasteiger partial charge in [-0.15, -0.1) is 0 Å². The lowest BCUT2D eigenvalue weighted by Gasteiger charge is -2.20. The second-order valence-corrected chi connectivity index (χ2v) is 5.48. The first-order valence-corrected chi connectivity index (χ1v) is 6.55. The van der Waals surface area contributed by atoms with Gasteiger partial charge in [-0.05, 0) is 32.9 Å². The lowest BCUT2D eigenvalue weighted by molar-refractivity contribution is -0.122. The third-order valence-corrected chi connectivity index (χ3v) is 2.43. The standard InChI is InChI=1S/C14H22N4O2/c1-14(2,3)18-12(19)6-8-17-13(20)10-5-7-16-11(9-10)15-4/h5,7,9H,6,8H2,1-4H3,(H,15,16)(H,17,20)(H,18,19). The van der Waals surface area contributed by atoms with E-state index in [1.807, 2.05) is 20.8 Å². The molecule has 1 aromatic heterocycles. The molecule has 0 saturated heterocycles. The Kier molecular flexibility index (Phi) is 5.49. The van der Waals surface area contributed by atoms with Crippen molar-refractivity contribution in [2.75, 3.05) is 18.9 Å². The third kappa shape index (κ3) is 5.69. The summed E-state index contributed by atoms with van der Waals surface area (Å²) in [5.41, 5.74) is 0.258. The number of carbonyl (C=O) groups excluding carboxylic acids is 2. The summed E-state index contributed by atoms with van der Waals surface area (Å²) in [6.45, 7) is 6.05. The molecule has 0 bridgehead atoms. The van der Waals surface area contributed by atoms with Crippen LogP contribution in [0, 0.1) is 0 Å². The molecule has 0 aromatic carbocycles. The first-order valence-electron chi connectivity index (χ1n) is 6.55. The summed E-state index contributed by atoms with van der Waals surface area (Å²) in [6.07, 6.45) is 1.82. The lowest BCUT2D eigenvalue weighted by Crippen LogP contribution is -2.42. The molecule has 0 saturated carbocycles. The van der Waals surface area contributed by atoms with Crippen LogP contribution in [0.1, 0.15) is 37.6 Å². The number of hydrogen-bond acceptors (Lipinski definition) is 4. The molecule has 110 valence electrons. The van der Waals surface area contributed by atoms with E-state index in [-0.39, 0.29) is 23.8 Å². The van der Waals surface area contributed by atoms with Crippen LogP contribution in [0.5, 0.6) is 0 Å². The monoisotopic (exact) mass is 278 g/mol. The molecule has 2 amide bonds. The van der Waals surface area contributed by atoms with E-state index in [0.717, 1.165) is 0 Å². The van der Waals surface area contributed by atoms with Crippen LogP contribution in [0.4, 0.5) is 5.82 Å². The Hall–Kier alpha value is -2.11. The van der Waals surface area contributed by atoms with E-state index in [0.29, 0.717) is 17.9 Å². The van der Waals surface area contributed by atoms with Crippen molar-refractivity contribution < 1.29 is 9.59 Å². The Morgan fingerprint density at radius 2 is 2.00 bits per heavy atom. The summed E-state index contributed by atoms with van der Waals surface area (Å²) in [4.78, 5) is 27.5. The minimum Gasteiger partial charge on any atom is -0.373 e. The number of pyridine rings is 1. The van der Waals surface area contributed by atoms with Crippen LogP contribution in [0.15, 0.2) is 18.3 Å². The molecule has 6 heteroatoms. The molecule has 20 heavy (non-hydrogen) atoms. The van der Waals surface area contributed by atoms with E-state index >= 15 is 0 Å². The Labute approximate surface area is 119 Å². The van der Waals surface area contributed by atoms with Crippen molar-refractivity contribution in [2.45, 2.75) is 32.7 Å². The maximum Gasteiger partial charge on any atom is 0.251 e. The zero-order valence-electron chi connectivity index (χ0n) is 12.4. The molecule has 0 spiro atoms. The molecule has 0 aliphatic heterocycles. The number of nitrogens with zero attached hydrogens (tertiary/aromatic N) is 1. The van der Waals surface area contributed by atoms with Gasteiger partial charge in [0.05, 0.1) is 0 Å². The molecule has 1 rings (SSSR count). The highest BCUT2D eigenvalue weighted by Gasteiger charge is 2.13. The molecule has 1 heterocycles. The first-order chi connectivity index (χ1) is 9.31. The third-order valence-electron chi connectivity index (χ3n) is 2.43. The predicted octanol–water partition coefficient (Wildman–Crippen LogP) is 1.16.